The highest BCUT2D eigenvalue weighted by atomic mass is 35.5. The van der Waals surface area contributed by atoms with Gasteiger partial charge < -0.3 is 5.73 Å². The van der Waals surface area contributed by atoms with Gasteiger partial charge in [0, 0.05) is 17.8 Å². The smallest absolute Gasteiger partial charge is 0.176 e. The first kappa shape index (κ1) is 18.3. The number of fused-ring (bicyclic) bond motifs is 1. The van der Waals surface area contributed by atoms with Gasteiger partial charge >= 0.3 is 0 Å². The summed E-state index contributed by atoms with van der Waals surface area (Å²) in [6, 6.07) is 15.4. The number of pyridine rings is 2. The van der Waals surface area contributed by atoms with Crippen molar-refractivity contribution < 1.29 is 0 Å². The van der Waals surface area contributed by atoms with E-state index in [1.807, 2.05) is 60.0 Å². The standard InChI is InChI=1S/C21H17ClN8/c1-13-12-25-30(28-13)18-9-8-17-21(27-18)29(15-6-4-14(11-22)5-7-15)20(26-17)16-3-2-10-24-19(16)23/h2-10,12H,11H2,1H3,(H2,23,24). The third-order valence-corrected chi connectivity index (χ3v) is 5.04. The lowest BCUT2D eigenvalue weighted by Gasteiger charge is -2.11. The first-order valence-electron chi connectivity index (χ1n) is 9.29. The Morgan fingerprint density at radius 2 is 1.87 bits per heavy atom. The molecule has 0 spiro atoms. The number of imidazole rings is 1. The van der Waals surface area contributed by atoms with E-state index in [4.69, 9.17) is 27.3 Å². The Hall–Kier alpha value is -3.78. The number of nitrogen functional groups attached to an aromatic ring is 1. The van der Waals surface area contributed by atoms with E-state index in [0.717, 1.165) is 28.0 Å². The Labute approximate surface area is 177 Å². The van der Waals surface area contributed by atoms with E-state index >= 15 is 0 Å². The Morgan fingerprint density at radius 3 is 2.57 bits per heavy atom. The largest absolute Gasteiger partial charge is 0.383 e. The molecule has 0 saturated carbocycles. The summed E-state index contributed by atoms with van der Waals surface area (Å²) in [5, 5.41) is 8.63. The molecule has 0 fully saturated rings. The van der Waals surface area contributed by atoms with Crippen molar-refractivity contribution in [2.75, 3.05) is 5.73 Å². The van der Waals surface area contributed by atoms with Crippen molar-refractivity contribution in [2.45, 2.75) is 12.8 Å². The second-order valence-corrected chi connectivity index (χ2v) is 7.06. The quantitative estimate of drug-likeness (QED) is 0.448. The topological polar surface area (TPSA) is 100 Å². The number of halogens is 1. The summed E-state index contributed by atoms with van der Waals surface area (Å²) in [6.45, 7) is 1.88. The molecule has 4 heterocycles. The van der Waals surface area contributed by atoms with Gasteiger partial charge in [0.2, 0.25) is 0 Å². The van der Waals surface area contributed by atoms with Crippen LogP contribution in [-0.2, 0) is 5.88 Å². The van der Waals surface area contributed by atoms with Crippen molar-refractivity contribution >= 4 is 28.6 Å². The fourth-order valence-corrected chi connectivity index (χ4v) is 3.45. The van der Waals surface area contributed by atoms with Crippen LogP contribution in [0.5, 0.6) is 0 Å². The van der Waals surface area contributed by atoms with Crippen LogP contribution in [0.1, 0.15) is 11.3 Å². The molecule has 0 atom stereocenters. The number of alkyl halides is 1. The van der Waals surface area contributed by atoms with Gasteiger partial charge in [-0.15, -0.1) is 16.4 Å². The number of hydrogen-bond donors (Lipinski definition) is 1. The van der Waals surface area contributed by atoms with Crippen molar-refractivity contribution in [1.82, 2.24) is 34.5 Å². The molecule has 0 saturated heterocycles. The highest BCUT2D eigenvalue weighted by Gasteiger charge is 2.19. The second kappa shape index (κ2) is 7.23. The van der Waals surface area contributed by atoms with E-state index in [1.54, 1.807) is 12.4 Å². The molecule has 0 aliphatic rings. The van der Waals surface area contributed by atoms with E-state index in [0.29, 0.717) is 29.0 Å². The molecule has 0 unspecified atom stereocenters. The van der Waals surface area contributed by atoms with E-state index < -0.39 is 0 Å². The molecule has 8 nitrogen and oxygen atoms in total. The molecule has 0 aliphatic carbocycles. The van der Waals surface area contributed by atoms with Gasteiger partial charge in [0.05, 0.1) is 17.5 Å². The number of aromatic nitrogens is 7. The molecule has 0 amide bonds. The van der Waals surface area contributed by atoms with E-state index in [2.05, 4.69) is 15.2 Å². The maximum absolute atomic E-state index is 6.16. The molecule has 5 aromatic rings. The molecule has 0 aliphatic heterocycles. The number of nitrogens with two attached hydrogens (primary N) is 1. The molecule has 1 aromatic carbocycles. The predicted molar refractivity (Wildman–Crippen MR) is 116 cm³/mol. The Morgan fingerprint density at radius 1 is 1.03 bits per heavy atom. The van der Waals surface area contributed by atoms with Gasteiger partial charge in [-0.05, 0) is 48.9 Å². The van der Waals surface area contributed by atoms with Crippen LogP contribution >= 0.6 is 11.6 Å². The van der Waals surface area contributed by atoms with Gasteiger partial charge in [-0.3, -0.25) is 4.57 Å². The fraction of sp³-hybridized carbons (Fsp3) is 0.0952. The van der Waals surface area contributed by atoms with Crippen LogP contribution in [0.15, 0.2) is 60.9 Å². The van der Waals surface area contributed by atoms with Crippen molar-refractivity contribution in [3.63, 3.8) is 0 Å². The van der Waals surface area contributed by atoms with Gasteiger partial charge in [0.25, 0.3) is 0 Å². The summed E-state index contributed by atoms with van der Waals surface area (Å²) >= 11 is 5.96. The average molecular weight is 417 g/mol. The Kier molecular flexibility index (Phi) is 4.40. The van der Waals surface area contributed by atoms with Crippen LogP contribution in [0.4, 0.5) is 5.82 Å². The third-order valence-electron chi connectivity index (χ3n) is 4.73. The Bertz CT molecular complexity index is 1350. The molecule has 148 valence electrons. The summed E-state index contributed by atoms with van der Waals surface area (Å²) in [7, 11) is 0. The lowest BCUT2D eigenvalue weighted by Crippen LogP contribution is -2.05. The first-order valence-corrected chi connectivity index (χ1v) is 9.82. The SMILES string of the molecule is Cc1cnn(-c2ccc3nc(-c4cccnc4N)n(-c4ccc(CCl)cc4)c3n2)n1. The molecule has 0 radical (unpaired) electrons. The summed E-state index contributed by atoms with van der Waals surface area (Å²) in [5.41, 5.74) is 11.0. The van der Waals surface area contributed by atoms with Crippen LogP contribution < -0.4 is 5.73 Å². The number of anilines is 1. The van der Waals surface area contributed by atoms with Crippen molar-refractivity contribution in [2.24, 2.45) is 0 Å². The highest BCUT2D eigenvalue weighted by molar-refractivity contribution is 6.17. The molecule has 5 rings (SSSR count). The summed E-state index contributed by atoms with van der Waals surface area (Å²) in [4.78, 5) is 15.3. The fourth-order valence-electron chi connectivity index (χ4n) is 3.27. The Balaban J connectivity index is 1.79. The summed E-state index contributed by atoms with van der Waals surface area (Å²) < 4.78 is 1.96. The van der Waals surface area contributed by atoms with Gasteiger partial charge in [-0.25, -0.2) is 15.0 Å². The van der Waals surface area contributed by atoms with Gasteiger partial charge in [0.1, 0.15) is 11.3 Å². The van der Waals surface area contributed by atoms with Crippen LogP contribution in [-0.4, -0.2) is 34.5 Å². The highest BCUT2D eigenvalue weighted by Crippen LogP contribution is 2.30. The van der Waals surface area contributed by atoms with Crippen molar-refractivity contribution in [1.29, 1.82) is 0 Å². The minimum Gasteiger partial charge on any atom is -0.383 e. The second-order valence-electron chi connectivity index (χ2n) is 6.79. The van der Waals surface area contributed by atoms with Crippen LogP contribution in [0, 0.1) is 6.92 Å². The zero-order chi connectivity index (χ0) is 20.7. The molecular formula is C21H17ClN8. The summed E-state index contributed by atoms with van der Waals surface area (Å²) in [6.07, 6.45) is 3.35. The number of nitrogens with zero attached hydrogens (tertiary/aromatic N) is 7. The third kappa shape index (κ3) is 3.07. The van der Waals surface area contributed by atoms with E-state index in [1.165, 1.54) is 4.80 Å². The normalized spacial score (nSPS) is 11.3. The zero-order valence-corrected chi connectivity index (χ0v) is 16.8. The first-order chi connectivity index (χ1) is 14.6. The van der Waals surface area contributed by atoms with Crippen LogP contribution in [0.3, 0.4) is 0 Å². The van der Waals surface area contributed by atoms with Crippen LogP contribution in [0.2, 0.25) is 0 Å². The minimum absolute atomic E-state index is 0.399. The number of aryl methyl sites for hydroxylation is 1. The molecule has 0 bridgehead atoms. The molecule has 4 aromatic heterocycles. The van der Waals surface area contributed by atoms with Crippen LogP contribution in [0.25, 0.3) is 34.1 Å². The maximum atomic E-state index is 6.16. The molecular weight excluding hydrogens is 400 g/mol. The maximum Gasteiger partial charge on any atom is 0.176 e. The molecule has 9 heteroatoms. The van der Waals surface area contributed by atoms with Gasteiger partial charge in [-0.2, -0.15) is 10.2 Å². The van der Waals surface area contributed by atoms with Crippen molar-refractivity contribution in [3.05, 3.63) is 72.2 Å². The molecule has 30 heavy (non-hydrogen) atoms. The molecule has 2 N–H and O–H groups in total. The number of hydrogen-bond acceptors (Lipinski definition) is 6. The number of rotatable bonds is 4. The van der Waals surface area contributed by atoms with Gasteiger partial charge in [0.15, 0.2) is 17.3 Å². The predicted octanol–water partition coefficient (Wildman–Crippen LogP) is 3.69. The lowest BCUT2D eigenvalue weighted by molar-refractivity contribution is 0.725. The minimum atomic E-state index is 0.399. The number of benzene rings is 1. The monoisotopic (exact) mass is 416 g/mol. The van der Waals surface area contributed by atoms with E-state index in [-0.39, 0.29) is 0 Å². The van der Waals surface area contributed by atoms with Crippen molar-refractivity contribution in [3.8, 4) is 22.9 Å². The average Bonchev–Trinajstić information content (AvgIpc) is 3.37. The van der Waals surface area contributed by atoms with E-state index in [9.17, 15) is 0 Å². The zero-order valence-electron chi connectivity index (χ0n) is 16.1. The summed E-state index contributed by atoms with van der Waals surface area (Å²) in [5.74, 6) is 2.10. The lowest BCUT2D eigenvalue weighted by atomic mass is 10.2. The van der Waals surface area contributed by atoms with Gasteiger partial charge in [-0.1, -0.05) is 12.1 Å².